The van der Waals surface area contributed by atoms with Gasteiger partial charge in [-0.2, -0.15) is 5.10 Å². The third-order valence-electron chi connectivity index (χ3n) is 3.31. The lowest BCUT2D eigenvalue weighted by Crippen LogP contribution is -2.13. The van der Waals surface area contributed by atoms with E-state index in [0.29, 0.717) is 29.3 Å². The van der Waals surface area contributed by atoms with Crippen LogP contribution in [0.5, 0.6) is 5.75 Å². The minimum atomic E-state index is -0.477. The Balaban J connectivity index is 2.18. The molecule has 0 aliphatic rings. The van der Waals surface area contributed by atoms with E-state index in [-0.39, 0.29) is 18.0 Å². The van der Waals surface area contributed by atoms with Crippen molar-refractivity contribution in [1.82, 2.24) is 9.78 Å². The van der Waals surface area contributed by atoms with Gasteiger partial charge in [0.25, 0.3) is 0 Å². The predicted molar refractivity (Wildman–Crippen MR) is 80.3 cm³/mol. The molecule has 0 spiro atoms. The van der Waals surface area contributed by atoms with E-state index in [9.17, 15) is 14.9 Å². The van der Waals surface area contributed by atoms with Crippen LogP contribution in [0.15, 0.2) is 24.3 Å². The van der Waals surface area contributed by atoms with E-state index >= 15 is 0 Å². The zero-order chi connectivity index (χ0) is 16.3. The van der Waals surface area contributed by atoms with Gasteiger partial charge in [-0.15, -0.1) is 0 Å². The normalized spacial score (nSPS) is 10.5. The summed E-state index contributed by atoms with van der Waals surface area (Å²) in [5, 5.41) is 15.0. The Bertz CT molecular complexity index is 704. The van der Waals surface area contributed by atoms with Gasteiger partial charge in [-0.1, -0.05) is 0 Å². The number of nitro groups is 1. The summed E-state index contributed by atoms with van der Waals surface area (Å²) in [7, 11) is 0. The Morgan fingerprint density at radius 3 is 2.45 bits per heavy atom. The number of Topliss-reactive ketones (excluding diaryl/α,β-unsaturated/α-hetero) is 1. The van der Waals surface area contributed by atoms with Crippen LogP contribution in [-0.2, 0) is 6.54 Å². The number of nitrogens with zero attached hydrogens (tertiary/aromatic N) is 3. The van der Waals surface area contributed by atoms with Crippen LogP contribution in [0.4, 0.5) is 5.69 Å². The van der Waals surface area contributed by atoms with Crippen molar-refractivity contribution in [2.75, 3.05) is 6.61 Å². The molecule has 0 aliphatic heterocycles. The maximum absolute atomic E-state index is 12.3. The minimum absolute atomic E-state index is 0.0332. The van der Waals surface area contributed by atoms with E-state index < -0.39 is 4.92 Å². The number of carbonyl (C=O) groups excluding carboxylic acids is 1. The summed E-state index contributed by atoms with van der Waals surface area (Å²) in [5.41, 5.74) is 1.15. The molecular weight excluding hydrogens is 286 g/mol. The number of ketones is 1. The molecule has 1 aromatic carbocycles. The van der Waals surface area contributed by atoms with Crippen molar-refractivity contribution in [3.05, 3.63) is 51.3 Å². The van der Waals surface area contributed by atoms with Crippen LogP contribution in [0.3, 0.4) is 0 Å². The Labute approximate surface area is 127 Å². The van der Waals surface area contributed by atoms with Crippen LogP contribution < -0.4 is 4.74 Å². The molecule has 22 heavy (non-hydrogen) atoms. The zero-order valence-corrected chi connectivity index (χ0v) is 12.7. The van der Waals surface area contributed by atoms with Crippen LogP contribution in [0.2, 0.25) is 0 Å². The summed E-state index contributed by atoms with van der Waals surface area (Å²) in [4.78, 5) is 22.7. The van der Waals surface area contributed by atoms with Crippen LogP contribution in [0, 0.1) is 24.0 Å². The Morgan fingerprint density at radius 2 is 1.95 bits per heavy atom. The second-order valence-electron chi connectivity index (χ2n) is 4.81. The molecule has 0 amide bonds. The van der Waals surface area contributed by atoms with E-state index in [1.54, 1.807) is 38.1 Å². The van der Waals surface area contributed by atoms with Gasteiger partial charge in [-0.3, -0.25) is 19.6 Å². The van der Waals surface area contributed by atoms with Crippen LogP contribution >= 0.6 is 0 Å². The largest absolute Gasteiger partial charge is 0.494 e. The molecule has 0 fully saturated rings. The summed E-state index contributed by atoms with van der Waals surface area (Å²) in [6.45, 7) is 5.55. The lowest BCUT2D eigenvalue weighted by molar-refractivity contribution is -0.386. The summed E-state index contributed by atoms with van der Waals surface area (Å²) in [5.74, 6) is 0.532. The summed E-state index contributed by atoms with van der Waals surface area (Å²) >= 11 is 0. The lowest BCUT2D eigenvalue weighted by Gasteiger charge is -2.05. The van der Waals surface area contributed by atoms with Crippen LogP contribution in [0.25, 0.3) is 0 Å². The fourth-order valence-corrected chi connectivity index (χ4v) is 2.24. The molecule has 1 heterocycles. The van der Waals surface area contributed by atoms with E-state index in [0.717, 1.165) is 0 Å². The van der Waals surface area contributed by atoms with Crippen molar-refractivity contribution in [1.29, 1.82) is 0 Å². The highest BCUT2D eigenvalue weighted by Gasteiger charge is 2.22. The van der Waals surface area contributed by atoms with Gasteiger partial charge >= 0.3 is 5.69 Å². The van der Waals surface area contributed by atoms with E-state index in [1.807, 2.05) is 6.92 Å². The second kappa shape index (κ2) is 6.38. The van der Waals surface area contributed by atoms with Gasteiger partial charge in [0.05, 0.1) is 11.5 Å². The smallest absolute Gasteiger partial charge is 0.312 e. The van der Waals surface area contributed by atoms with Gasteiger partial charge in [0.15, 0.2) is 5.78 Å². The average Bonchev–Trinajstić information content (AvgIpc) is 2.74. The van der Waals surface area contributed by atoms with E-state index in [4.69, 9.17) is 4.74 Å². The number of rotatable bonds is 6. The maximum atomic E-state index is 12.3. The second-order valence-corrected chi connectivity index (χ2v) is 4.81. The highest BCUT2D eigenvalue weighted by atomic mass is 16.6. The van der Waals surface area contributed by atoms with Gasteiger partial charge in [0.2, 0.25) is 0 Å². The molecule has 0 N–H and O–H groups in total. The third-order valence-corrected chi connectivity index (χ3v) is 3.31. The fraction of sp³-hybridized carbons (Fsp3) is 0.333. The number of ether oxygens (including phenoxy) is 1. The number of hydrogen-bond acceptors (Lipinski definition) is 5. The molecule has 0 unspecified atom stereocenters. The molecule has 1 aromatic heterocycles. The Kier molecular flexibility index (Phi) is 4.55. The SMILES string of the molecule is CCOc1ccc(C(=O)Cn2nc(C)c([N+](=O)[O-])c2C)cc1. The number of aryl methyl sites for hydroxylation is 1. The quantitative estimate of drug-likeness (QED) is 0.465. The van der Waals surface area contributed by atoms with Crippen molar-refractivity contribution in [2.24, 2.45) is 0 Å². The first-order valence-corrected chi connectivity index (χ1v) is 6.88. The van der Waals surface area contributed by atoms with Crippen molar-refractivity contribution in [3.63, 3.8) is 0 Å². The van der Waals surface area contributed by atoms with Crippen molar-refractivity contribution in [3.8, 4) is 5.75 Å². The summed E-state index contributed by atoms with van der Waals surface area (Å²) in [6, 6.07) is 6.79. The van der Waals surface area contributed by atoms with Gasteiger partial charge < -0.3 is 4.74 Å². The standard InChI is InChI=1S/C15H17N3O4/c1-4-22-13-7-5-12(6-8-13)14(19)9-17-11(3)15(18(20)21)10(2)16-17/h5-8H,4,9H2,1-3H3. The first-order chi connectivity index (χ1) is 10.4. The number of aromatic nitrogens is 2. The summed E-state index contributed by atoms with van der Waals surface area (Å²) < 4.78 is 6.69. The van der Waals surface area contributed by atoms with Gasteiger partial charge in [0, 0.05) is 5.56 Å². The van der Waals surface area contributed by atoms with Crippen molar-refractivity contribution >= 4 is 11.5 Å². The molecule has 0 saturated carbocycles. The molecule has 7 nitrogen and oxygen atoms in total. The van der Waals surface area contributed by atoms with Crippen molar-refractivity contribution < 1.29 is 14.5 Å². The average molecular weight is 303 g/mol. The molecule has 2 aromatic rings. The zero-order valence-electron chi connectivity index (χ0n) is 12.7. The molecule has 0 radical (unpaired) electrons. The highest BCUT2D eigenvalue weighted by molar-refractivity contribution is 5.96. The Morgan fingerprint density at radius 1 is 1.32 bits per heavy atom. The van der Waals surface area contributed by atoms with Gasteiger partial charge in [-0.05, 0) is 45.0 Å². The number of hydrogen-bond donors (Lipinski definition) is 0. The topological polar surface area (TPSA) is 87.3 Å². The maximum Gasteiger partial charge on any atom is 0.312 e. The predicted octanol–water partition coefficient (Wildman–Crippen LogP) is 2.69. The lowest BCUT2D eigenvalue weighted by atomic mass is 10.1. The fourth-order valence-electron chi connectivity index (χ4n) is 2.24. The van der Waals surface area contributed by atoms with E-state index in [2.05, 4.69) is 5.10 Å². The van der Waals surface area contributed by atoms with Crippen LogP contribution in [-0.4, -0.2) is 27.1 Å². The Hall–Kier alpha value is -2.70. The third kappa shape index (κ3) is 3.13. The van der Waals surface area contributed by atoms with Crippen LogP contribution in [0.1, 0.15) is 28.7 Å². The molecule has 0 aliphatic carbocycles. The van der Waals surface area contributed by atoms with E-state index in [1.165, 1.54) is 4.68 Å². The van der Waals surface area contributed by atoms with Crippen molar-refractivity contribution in [2.45, 2.75) is 27.3 Å². The summed E-state index contributed by atoms with van der Waals surface area (Å²) in [6.07, 6.45) is 0. The number of carbonyl (C=O) groups is 1. The molecule has 0 atom stereocenters. The van der Waals surface area contributed by atoms with Gasteiger partial charge in [0.1, 0.15) is 23.7 Å². The molecular formula is C15H17N3O4. The number of benzene rings is 1. The first kappa shape index (κ1) is 15.7. The monoisotopic (exact) mass is 303 g/mol. The molecule has 7 heteroatoms. The molecule has 0 bridgehead atoms. The molecule has 2 rings (SSSR count). The molecule has 116 valence electrons. The minimum Gasteiger partial charge on any atom is -0.494 e. The first-order valence-electron chi connectivity index (χ1n) is 6.88. The molecule has 0 saturated heterocycles. The highest BCUT2D eigenvalue weighted by Crippen LogP contribution is 2.22. The van der Waals surface area contributed by atoms with Gasteiger partial charge in [-0.25, -0.2) is 0 Å².